The number of nitro benzene ring substituents is 1. The third-order valence-corrected chi connectivity index (χ3v) is 8.06. The second-order valence-corrected chi connectivity index (χ2v) is 10.6. The molecule has 0 N–H and O–H groups in total. The van der Waals surface area contributed by atoms with Gasteiger partial charge in [0, 0.05) is 37.2 Å². The molecular formula is C27H23N3O4S. The Bertz CT molecular complexity index is 1490. The Morgan fingerprint density at radius 2 is 1.57 bits per heavy atom. The average Bonchev–Trinajstić information content (AvgIpc) is 3.18. The summed E-state index contributed by atoms with van der Waals surface area (Å²) in [5.74, 6) is 0. The van der Waals surface area contributed by atoms with Gasteiger partial charge in [-0.2, -0.15) is 4.31 Å². The number of hydrogen-bond donors (Lipinski definition) is 0. The molecular weight excluding hydrogens is 462 g/mol. The molecule has 0 saturated carbocycles. The van der Waals surface area contributed by atoms with E-state index in [2.05, 4.69) is 0 Å². The fourth-order valence-corrected chi connectivity index (χ4v) is 5.71. The quantitative estimate of drug-likeness (QED) is 0.370. The molecule has 2 heterocycles. The van der Waals surface area contributed by atoms with Crippen molar-refractivity contribution in [1.29, 1.82) is 0 Å². The molecule has 0 bridgehead atoms. The molecule has 3 aromatic rings. The van der Waals surface area contributed by atoms with Gasteiger partial charge in [0.1, 0.15) is 0 Å². The molecule has 0 aromatic heterocycles. The van der Waals surface area contributed by atoms with Crippen molar-refractivity contribution >= 4 is 27.1 Å². The number of sulfonamides is 1. The molecule has 0 unspecified atom stereocenters. The van der Waals surface area contributed by atoms with E-state index < -0.39 is 14.9 Å². The topological polar surface area (TPSA) is 92.9 Å². The standard InChI is InChI=1S/C27H23N3O4S/c1-19-7-13-25(14-8-19)35(33,34)29-17-22-15-26(20-5-3-2-4-6-20)28-27(16-23(22)18-29)21-9-11-24(12-10-21)30(31)32/h2-14,16H,15,17-18H2,1H3. The van der Waals surface area contributed by atoms with Crippen molar-refractivity contribution in [2.45, 2.75) is 18.2 Å². The van der Waals surface area contributed by atoms with Crippen LogP contribution in [0.15, 0.2) is 106 Å². The second kappa shape index (κ2) is 9.05. The number of nitrogens with zero attached hydrogens (tertiary/aromatic N) is 3. The minimum Gasteiger partial charge on any atom is -0.258 e. The molecule has 3 aromatic carbocycles. The molecule has 0 amide bonds. The van der Waals surface area contributed by atoms with Crippen LogP contribution < -0.4 is 0 Å². The highest BCUT2D eigenvalue weighted by Crippen LogP contribution is 2.34. The largest absolute Gasteiger partial charge is 0.269 e. The zero-order valence-corrected chi connectivity index (χ0v) is 19.9. The predicted molar refractivity (Wildman–Crippen MR) is 136 cm³/mol. The van der Waals surface area contributed by atoms with Gasteiger partial charge in [-0.3, -0.25) is 15.1 Å². The number of benzene rings is 3. The molecule has 7 nitrogen and oxygen atoms in total. The zero-order chi connectivity index (χ0) is 24.6. The maximum absolute atomic E-state index is 13.4. The normalized spacial score (nSPS) is 16.4. The Labute approximate surface area is 204 Å². The van der Waals surface area contributed by atoms with Crippen LogP contribution in [-0.2, 0) is 10.0 Å². The van der Waals surface area contributed by atoms with Crippen molar-refractivity contribution in [3.63, 3.8) is 0 Å². The fourth-order valence-electron chi connectivity index (χ4n) is 4.30. The summed E-state index contributed by atoms with van der Waals surface area (Å²) in [4.78, 5) is 15.9. The third kappa shape index (κ3) is 4.58. The maximum atomic E-state index is 13.4. The van der Waals surface area contributed by atoms with Crippen molar-refractivity contribution in [2.24, 2.45) is 4.99 Å². The fraction of sp³-hybridized carbons (Fsp3) is 0.148. The zero-order valence-electron chi connectivity index (χ0n) is 19.1. The van der Waals surface area contributed by atoms with Crippen LogP contribution in [0.5, 0.6) is 0 Å². The SMILES string of the molecule is Cc1ccc(S(=O)(=O)N2CC3=C(CC(c4ccccc4)=NC(c4ccc([N+](=O)[O-])cc4)=C3)C2)cc1. The highest BCUT2D eigenvalue weighted by Gasteiger charge is 2.33. The van der Waals surface area contributed by atoms with Gasteiger partial charge in [-0.1, -0.05) is 48.0 Å². The summed E-state index contributed by atoms with van der Waals surface area (Å²) in [6, 6.07) is 22.9. The number of nitro groups is 1. The van der Waals surface area contributed by atoms with Crippen molar-refractivity contribution in [3.8, 4) is 0 Å². The van der Waals surface area contributed by atoms with Crippen LogP contribution in [0.25, 0.3) is 5.70 Å². The van der Waals surface area contributed by atoms with Gasteiger partial charge in [-0.25, -0.2) is 8.42 Å². The molecule has 0 fully saturated rings. The predicted octanol–water partition coefficient (Wildman–Crippen LogP) is 5.14. The summed E-state index contributed by atoms with van der Waals surface area (Å²) in [6.07, 6.45) is 2.43. The number of aliphatic imine (C=N–C) groups is 1. The van der Waals surface area contributed by atoms with E-state index >= 15 is 0 Å². The van der Waals surface area contributed by atoms with E-state index in [9.17, 15) is 18.5 Å². The van der Waals surface area contributed by atoms with Gasteiger partial charge < -0.3 is 0 Å². The Kier molecular flexibility index (Phi) is 5.92. The van der Waals surface area contributed by atoms with Crippen LogP contribution in [0.1, 0.15) is 23.1 Å². The van der Waals surface area contributed by atoms with Crippen molar-refractivity contribution in [3.05, 3.63) is 123 Å². The smallest absolute Gasteiger partial charge is 0.258 e. The first-order valence-corrected chi connectivity index (χ1v) is 12.6. The molecule has 35 heavy (non-hydrogen) atoms. The first-order valence-electron chi connectivity index (χ1n) is 11.2. The Balaban J connectivity index is 1.53. The first kappa shape index (κ1) is 22.9. The highest BCUT2D eigenvalue weighted by atomic mass is 32.2. The lowest BCUT2D eigenvalue weighted by atomic mass is 10.0. The van der Waals surface area contributed by atoms with E-state index in [-0.39, 0.29) is 17.1 Å². The third-order valence-electron chi connectivity index (χ3n) is 6.25. The number of hydrogen-bond acceptors (Lipinski definition) is 5. The minimum absolute atomic E-state index is 0.00590. The molecule has 5 rings (SSSR count). The Hall–Kier alpha value is -3.88. The van der Waals surface area contributed by atoms with Gasteiger partial charge in [0.2, 0.25) is 10.0 Å². The number of aryl methyl sites for hydroxylation is 1. The summed E-state index contributed by atoms with van der Waals surface area (Å²) in [5, 5.41) is 11.1. The van der Waals surface area contributed by atoms with Gasteiger partial charge in [-0.05, 0) is 54.0 Å². The summed E-state index contributed by atoms with van der Waals surface area (Å²) >= 11 is 0. The van der Waals surface area contributed by atoms with E-state index in [1.54, 1.807) is 36.4 Å². The Morgan fingerprint density at radius 1 is 0.886 bits per heavy atom. The molecule has 0 radical (unpaired) electrons. The summed E-state index contributed by atoms with van der Waals surface area (Å²) < 4.78 is 28.2. The lowest BCUT2D eigenvalue weighted by molar-refractivity contribution is -0.384. The van der Waals surface area contributed by atoms with Gasteiger partial charge in [0.05, 0.1) is 21.2 Å². The molecule has 2 aliphatic heterocycles. The molecule has 0 atom stereocenters. The molecule has 0 saturated heterocycles. The van der Waals surface area contributed by atoms with Crippen LogP contribution in [0.2, 0.25) is 0 Å². The lowest BCUT2D eigenvalue weighted by Gasteiger charge is -2.18. The van der Waals surface area contributed by atoms with Gasteiger partial charge in [0.25, 0.3) is 5.69 Å². The number of non-ortho nitro benzene ring substituents is 1. The average molecular weight is 486 g/mol. The van der Waals surface area contributed by atoms with Crippen molar-refractivity contribution in [1.82, 2.24) is 4.31 Å². The Morgan fingerprint density at radius 3 is 2.23 bits per heavy atom. The van der Waals surface area contributed by atoms with E-state index in [0.29, 0.717) is 18.7 Å². The lowest BCUT2D eigenvalue weighted by Crippen LogP contribution is -2.30. The minimum atomic E-state index is -3.66. The van der Waals surface area contributed by atoms with E-state index in [1.807, 2.05) is 43.3 Å². The van der Waals surface area contributed by atoms with Gasteiger partial charge >= 0.3 is 0 Å². The molecule has 8 heteroatoms. The highest BCUT2D eigenvalue weighted by molar-refractivity contribution is 7.89. The van der Waals surface area contributed by atoms with Crippen LogP contribution in [0.4, 0.5) is 5.69 Å². The summed E-state index contributed by atoms with van der Waals surface area (Å²) in [5.41, 5.74) is 6.08. The second-order valence-electron chi connectivity index (χ2n) is 8.65. The maximum Gasteiger partial charge on any atom is 0.269 e. The van der Waals surface area contributed by atoms with E-state index in [1.165, 1.54) is 16.4 Å². The van der Waals surface area contributed by atoms with Crippen LogP contribution in [0.3, 0.4) is 0 Å². The molecule has 2 aliphatic rings. The summed E-state index contributed by atoms with van der Waals surface area (Å²) in [7, 11) is -3.66. The molecule has 0 spiro atoms. The number of rotatable bonds is 5. The first-order chi connectivity index (χ1) is 16.8. The van der Waals surface area contributed by atoms with Crippen LogP contribution >= 0.6 is 0 Å². The van der Waals surface area contributed by atoms with Crippen molar-refractivity contribution < 1.29 is 13.3 Å². The summed E-state index contributed by atoms with van der Waals surface area (Å²) in [6.45, 7) is 2.46. The van der Waals surface area contributed by atoms with Crippen LogP contribution in [0, 0.1) is 17.0 Å². The van der Waals surface area contributed by atoms with Gasteiger partial charge in [-0.15, -0.1) is 0 Å². The van der Waals surface area contributed by atoms with Gasteiger partial charge in [0.15, 0.2) is 0 Å². The monoisotopic (exact) mass is 485 g/mol. The molecule has 0 aliphatic carbocycles. The van der Waals surface area contributed by atoms with Crippen molar-refractivity contribution in [2.75, 3.05) is 13.1 Å². The molecule has 176 valence electrons. The van der Waals surface area contributed by atoms with E-state index in [0.717, 1.165) is 33.5 Å². The van der Waals surface area contributed by atoms with Crippen LogP contribution in [-0.4, -0.2) is 36.4 Å². The van der Waals surface area contributed by atoms with E-state index in [4.69, 9.17) is 4.99 Å².